The lowest BCUT2D eigenvalue weighted by Gasteiger charge is -2.28. The Bertz CT molecular complexity index is 2610. The highest BCUT2D eigenvalue weighted by Crippen LogP contribution is 2.37. The lowest BCUT2D eigenvalue weighted by Crippen LogP contribution is -2.46. The minimum Gasteiger partial charge on any atom is -0.450 e. The molecule has 82 heavy (non-hydrogen) atoms. The summed E-state index contributed by atoms with van der Waals surface area (Å²) in [5, 5.41) is 5.71. The van der Waals surface area contributed by atoms with Crippen LogP contribution in [0.25, 0.3) is 12.2 Å². The van der Waals surface area contributed by atoms with Crippen molar-refractivity contribution in [3.63, 3.8) is 0 Å². The number of carbonyl (C=O) groups excluding carboxylic acids is 2. The van der Waals surface area contributed by atoms with Gasteiger partial charge in [-0.3, -0.25) is 0 Å². The van der Waals surface area contributed by atoms with Gasteiger partial charge in [-0.15, -0.1) is 0 Å². The van der Waals surface area contributed by atoms with E-state index >= 15 is 0 Å². The molecule has 0 atom stereocenters. The number of alkyl carbamates (subject to hydrolysis) is 2. The van der Waals surface area contributed by atoms with Crippen LogP contribution in [0.2, 0.25) is 12.1 Å². The van der Waals surface area contributed by atoms with E-state index in [1.807, 2.05) is 41.5 Å². The molecule has 6 aromatic carbocycles. The lowest BCUT2D eigenvalue weighted by atomic mass is 10.1. The summed E-state index contributed by atoms with van der Waals surface area (Å²) >= 11 is 0. The zero-order valence-corrected chi connectivity index (χ0v) is 51.7. The Labute approximate surface area is 490 Å². The van der Waals surface area contributed by atoms with Crippen molar-refractivity contribution in [1.29, 1.82) is 0 Å². The van der Waals surface area contributed by atoms with Crippen molar-refractivity contribution in [2.45, 2.75) is 106 Å². The van der Waals surface area contributed by atoms with Gasteiger partial charge in [0.2, 0.25) is 0 Å². The molecule has 16 heteroatoms. The first kappa shape index (κ1) is 64.6. The van der Waals surface area contributed by atoms with E-state index in [-0.39, 0.29) is 0 Å². The van der Waals surface area contributed by atoms with Gasteiger partial charge >= 0.3 is 29.8 Å². The van der Waals surface area contributed by atoms with E-state index in [0.29, 0.717) is 104 Å². The second-order valence-electron chi connectivity index (χ2n) is 19.7. The Kier molecular flexibility index (Phi) is 27.4. The monoisotopic (exact) mass is 1150 g/mol. The van der Waals surface area contributed by atoms with Crippen molar-refractivity contribution in [3.8, 4) is 0 Å². The third-order valence-electron chi connectivity index (χ3n) is 13.4. The Hall–Kier alpha value is -6.61. The number of nitrogens with one attached hydrogen (secondary N) is 2. The van der Waals surface area contributed by atoms with Crippen LogP contribution in [0.4, 0.5) is 43.7 Å². The van der Waals surface area contributed by atoms with E-state index < -0.39 is 29.8 Å². The number of nitrogens with zero attached hydrogens (tertiary/aromatic N) is 2. The summed E-state index contributed by atoms with van der Waals surface area (Å²) in [7, 11) is -5.49. The summed E-state index contributed by atoms with van der Waals surface area (Å²) in [5.74, 6) is 0. The first-order chi connectivity index (χ1) is 39.9. The van der Waals surface area contributed by atoms with Crippen LogP contribution in [0.3, 0.4) is 0 Å². The van der Waals surface area contributed by atoms with Crippen LogP contribution < -0.4 is 20.4 Å². The number of rotatable bonds is 36. The summed E-state index contributed by atoms with van der Waals surface area (Å²) in [5.41, 5.74) is 13.2. The molecule has 440 valence electrons. The Morgan fingerprint density at radius 3 is 1.04 bits per heavy atom. The molecule has 0 aromatic heterocycles. The van der Waals surface area contributed by atoms with E-state index in [9.17, 15) is 9.59 Å². The van der Waals surface area contributed by atoms with Gasteiger partial charge in [-0.25, -0.2) is 9.59 Å². The van der Waals surface area contributed by atoms with Gasteiger partial charge in [0.1, 0.15) is 0 Å². The zero-order chi connectivity index (χ0) is 58.4. The second kappa shape index (κ2) is 34.7. The molecule has 0 saturated heterocycles. The van der Waals surface area contributed by atoms with Crippen LogP contribution in [-0.2, 0) is 48.9 Å². The third kappa shape index (κ3) is 20.7. The molecule has 0 heterocycles. The SMILES string of the molecule is CCO[Si](CCCNC(=O)OCCCc1ccc(N(c2ccc(C=Cc3ccc(N(c4ccc(CCCOC(=O)NCCC[Si](OCC)(OCC)OCC)cc4)c4cccc(C)c4)cc3)cc2)c2cccc(C)c2)cc1)(OCC)OCC. The number of hydrogen-bond acceptors (Lipinski definition) is 12. The quantitative estimate of drug-likeness (QED) is 0.0220. The normalized spacial score (nSPS) is 11.7. The van der Waals surface area contributed by atoms with Crippen LogP contribution in [0, 0.1) is 13.8 Å². The molecule has 2 N–H and O–H groups in total. The maximum absolute atomic E-state index is 12.5. The van der Waals surface area contributed by atoms with Crippen molar-refractivity contribution in [2.75, 3.05) is 75.7 Å². The lowest BCUT2D eigenvalue weighted by molar-refractivity contribution is 0.0699. The van der Waals surface area contributed by atoms with Crippen LogP contribution in [0.1, 0.15) is 101 Å². The summed E-state index contributed by atoms with van der Waals surface area (Å²) in [6.07, 6.45) is 7.78. The number of aryl methyl sites for hydroxylation is 4. The summed E-state index contributed by atoms with van der Waals surface area (Å²) in [6, 6.07) is 52.9. The highest BCUT2D eigenvalue weighted by molar-refractivity contribution is 6.61. The molecule has 0 radical (unpaired) electrons. The molecule has 6 rings (SSSR count). The number of hydrogen-bond donors (Lipinski definition) is 2. The van der Waals surface area contributed by atoms with E-state index in [2.05, 4.69) is 192 Å². The molecule has 6 aromatic rings. The fraction of sp³-hybridized carbons (Fsp3) is 0.394. The molecule has 0 unspecified atom stereocenters. The predicted octanol–water partition coefficient (Wildman–Crippen LogP) is 15.6. The Balaban J connectivity index is 1.01. The molecule has 0 saturated carbocycles. The highest BCUT2D eigenvalue weighted by atomic mass is 28.4. The van der Waals surface area contributed by atoms with E-state index in [0.717, 1.165) is 58.1 Å². The number of carbonyl (C=O) groups is 2. The first-order valence-corrected chi connectivity index (χ1v) is 33.3. The van der Waals surface area contributed by atoms with Gasteiger partial charge in [-0.05, 0) is 200 Å². The molecule has 2 amide bonds. The van der Waals surface area contributed by atoms with Gasteiger partial charge in [0.05, 0.1) is 13.2 Å². The van der Waals surface area contributed by atoms with Gasteiger partial charge in [0.25, 0.3) is 0 Å². The van der Waals surface area contributed by atoms with Gasteiger partial charge in [-0.2, -0.15) is 0 Å². The van der Waals surface area contributed by atoms with Gasteiger partial charge in [0.15, 0.2) is 0 Å². The van der Waals surface area contributed by atoms with Gasteiger partial charge < -0.3 is 56.5 Å². The van der Waals surface area contributed by atoms with Gasteiger partial charge in [0, 0.05) is 98.9 Å². The zero-order valence-electron chi connectivity index (χ0n) is 49.7. The van der Waals surface area contributed by atoms with Crippen molar-refractivity contribution < 1.29 is 45.6 Å². The summed E-state index contributed by atoms with van der Waals surface area (Å²) in [4.78, 5) is 29.5. The second-order valence-corrected chi connectivity index (χ2v) is 25.2. The predicted molar refractivity (Wildman–Crippen MR) is 336 cm³/mol. The maximum atomic E-state index is 12.5. The average molecular weight is 1150 g/mol. The minimum absolute atomic E-state index is 0.323. The highest BCUT2D eigenvalue weighted by Gasteiger charge is 2.40. The molecule has 0 aliphatic heterocycles. The van der Waals surface area contributed by atoms with Crippen LogP contribution in [-0.4, -0.2) is 95.7 Å². The molecule has 0 aliphatic carbocycles. The standard InChI is InChI=1S/C66H88N4O10Si2/c1-9-75-81(76-10-2,77-11-3)49-19-45-67-65(71)73-47-17-23-55-29-37-59(38-30-55)69(63-25-15-21-53(7)51-63)61-41-33-57(34-42-61)27-28-58-35-43-62(44-36-58)70(64-26-16-22-54(8)52-64)60-39-31-56(32-40-60)24-18-48-74-66(72)68-46-20-50-82(78-12-4,79-13-5)80-14-6/h15-16,21-22,25-44,51-52H,9-14,17-20,23-24,45-50H2,1-8H3,(H,67,71)(H,68,72). The van der Waals surface area contributed by atoms with Crippen molar-refractivity contribution >= 4 is 76.1 Å². The molecule has 0 spiro atoms. The molecule has 0 fully saturated rings. The smallest absolute Gasteiger partial charge is 0.450 e. The number of anilines is 6. The summed E-state index contributed by atoms with van der Waals surface area (Å²) in [6.45, 7) is 20.6. The number of amides is 2. The maximum Gasteiger partial charge on any atom is 0.500 e. The molecule has 14 nitrogen and oxygen atoms in total. The molecule has 0 aliphatic rings. The topological polar surface area (TPSA) is 139 Å². The van der Waals surface area contributed by atoms with Crippen LogP contribution in [0.15, 0.2) is 146 Å². The fourth-order valence-electron chi connectivity index (χ4n) is 9.69. The van der Waals surface area contributed by atoms with Crippen LogP contribution in [0.5, 0.6) is 0 Å². The fourth-order valence-corrected chi connectivity index (χ4v) is 14.9. The largest absolute Gasteiger partial charge is 0.500 e. The molecule has 0 bridgehead atoms. The number of ether oxygens (including phenoxy) is 2. The molecular weight excluding hydrogens is 1060 g/mol. The van der Waals surface area contributed by atoms with E-state index in [4.69, 9.17) is 36.0 Å². The Morgan fingerprint density at radius 1 is 0.415 bits per heavy atom. The minimum atomic E-state index is -2.75. The van der Waals surface area contributed by atoms with E-state index in [1.54, 1.807) is 0 Å². The number of benzene rings is 6. The van der Waals surface area contributed by atoms with Crippen molar-refractivity contribution in [3.05, 3.63) is 179 Å². The Morgan fingerprint density at radius 2 is 0.732 bits per heavy atom. The van der Waals surface area contributed by atoms with E-state index in [1.165, 1.54) is 22.3 Å². The van der Waals surface area contributed by atoms with Crippen molar-refractivity contribution in [2.24, 2.45) is 0 Å². The summed E-state index contributed by atoms with van der Waals surface area (Å²) < 4.78 is 46.5. The third-order valence-corrected chi connectivity index (χ3v) is 19.7. The van der Waals surface area contributed by atoms with Gasteiger partial charge in [-0.1, -0.05) is 84.9 Å². The van der Waals surface area contributed by atoms with Crippen LogP contribution >= 0.6 is 0 Å². The average Bonchev–Trinajstić information content (AvgIpc) is 3.47. The van der Waals surface area contributed by atoms with Crippen molar-refractivity contribution in [1.82, 2.24) is 10.6 Å². The molecular formula is C66H88N4O10Si2. The first-order valence-electron chi connectivity index (χ1n) is 29.4.